The van der Waals surface area contributed by atoms with E-state index < -0.39 is 0 Å². The summed E-state index contributed by atoms with van der Waals surface area (Å²) in [6.45, 7) is 0. The molecule has 0 radical (unpaired) electrons. The molecule has 7 heteroatoms. The van der Waals surface area contributed by atoms with E-state index in [1.54, 1.807) is 23.1 Å². The molecule has 0 saturated carbocycles. The zero-order valence-electron chi connectivity index (χ0n) is 12.2. The van der Waals surface area contributed by atoms with E-state index in [-0.39, 0.29) is 24.4 Å². The van der Waals surface area contributed by atoms with Crippen molar-refractivity contribution in [2.24, 2.45) is 5.73 Å². The van der Waals surface area contributed by atoms with Gasteiger partial charge >= 0.3 is 0 Å². The van der Waals surface area contributed by atoms with Crippen molar-refractivity contribution in [3.8, 4) is 0 Å². The molecule has 1 atom stereocenters. The molecule has 0 saturated heterocycles. The van der Waals surface area contributed by atoms with Crippen LogP contribution in [0.2, 0.25) is 0 Å². The number of amides is 1. The lowest BCUT2D eigenvalue weighted by Crippen LogP contribution is -2.27. The van der Waals surface area contributed by atoms with Gasteiger partial charge in [-0.2, -0.15) is 0 Å². The number of hydrogen-bond acceptors (Lipinski definition) is 5. The van der Waals surface area contributed by atoms with Gasteiger partial charge in [-0.05, 0) is 49.8 Å². The fourth-order valence-electron chi connectivity index (χ4n) is 2.37. The number of nitrogens with two attached hydrogens (primary N) is 1. The number of hydrogen-bond donors (Lipinski definition) is 2. The van der Waals surface area contributed by atoms with Gasteiger partial charge in [0.1, 0.15) is 0 Å². The number of rotatable bonds is 3. The predicted molar refractivity (Wildman–Crippen MR) is 95.5 cm³/mol. The highest BCUT2D eigenvalue weighted by Crippen LogP contribution is 2.29. The van der Waals surface area contributed by atoms with Gasteiger partial charge in [0, 0.05) is 21.4 Å². The Morgan fingerprint density at radius 3 is 2.82 bits per heavy atom. The van der Waals surface area contributed by atoms with Crippen LogP contribution in [0, 0.1) is 0 Å². The van der Waals surface area contributed by atoms with Gasteiger partial charge in [0.2, 0.25) is 0 Å². The topological polar surface area (TPSA) is 68.0 Å². The van der Waals surface area contributed by atoms with E-state index in [9.17, 15) is 4.79 Å². The van der Waals surface area contributed by atoms with Crippen LogP contribution < -0.4 is 11.1 Å². The second-order valence-corrected chi connectivity index (χ2v) is 7.04. The number of thiazole rings is 1. The van der Waals surface area contributed by atoms with E-state index in [4.69, 9.17) is 5.73 Å². The van der Waals surface area contributed by atoms with Gasteiger partial charge in [0.05, 0.1) is 5.69 Å². The average molecular weight is 356 g/mol. The first kappa shape index (κ1) is 17.3. The average Bonchev–Trinajstić information content (AvgIpc) is 2.88. The van der Waals surface area contributed by atoms with Crippen molar-refractivity contribution in [2.75, 3.05) is 11.6 Å². The quantitative estimate of drug-likeness (QED) is 0.828. The van der Waals surface area contributed by atoms with Crippen molar-refractivity contribution in [1.29, 1.82) is 0 Å². The van der Waals surface area contributed by atoms with Crippen LogP contribution in [0.1, 0.15) is 27.3 Å². The van der Waals surface area contributed by atoms with E-state index >= 15 is 0 Å². The van der Waals surface area contributed by atoms with Crippen molar-refractivity contribution in [2.45, 2.75) is 30.2 Å². The lowest BCUT2D eigenvalue weighted by atomic mass is 9.99. The zero-order valence-corrected chi connectivity index (χ0v) is 14.6. The van der Waals surface area contributed by atoms with Crippen LogP contribution in [0.5, 0.6) is 0 Å². The van der Waals surface area contributed by atoms with Crippen LogP contribution in [-0.4, -0.2) is 23.2 Å². The first-order valence-electron chi connectivity index (χ1n) is 6.85. The monoisotopic (exact) mass is 355 g/mol. The van der Waals surface area contributed by atoms with Crippen molar-refractivity contribution < 1.29 is 4.79 Å². The smallest absolute Gasteiger partial charge is 0.257 e. The van der Waals surface area contributed by atoms with Crippen LogP contribution in [0.3, 0.4) is 0 Å². The Balaban J connectivity index is 0.00000176. The number of aromatic nitrogens is 1. The van der Waals surface area contributed by atoms with Crippen molar-refractivity contribution in [1.82, 2.24) is 4.98 Å². The van der Waals surface area contributed by atoms with Crippen LogP contribution in [-0.2, 0) is 12.8 Å². The Hall–Kier alpha value is -1.08. The number of halogens is 1. The number of nitrogens with zero attached hydrogens (tertiary/aromatic N) is 1. The third kappa shape index (κ3) is 3.81. The molecular weight excluding hydrogens is 338 g/mol. The minimum absolute atomic E-state index is 0. The fourth-order valence-corrected chi connectivity index (χ4v) is 3.87. The lowest BCUT2D eigenvalue weighted by molar-refractivity contribution is 0.102. The van der Waals surface area contributed by atoms with Crippen molar-refractivity contribution in [3.63, 3.8) is 0 Å². The summed E-state index contributed by atoms with van der Waals surface area (Å²) in [4.78, 5) is 19.1. The number of thioether (sulfide) groups is 1. The summed E-state index contributed by atoms with van der Waals surface area (Å²) in [5.74, 6) is -0.113. The summed E-state index contributed by atoms with van der Waals surface area (Å²) in [5, 5.41) is 3.56. The highest BCUT2D eigenvalue weighted by molar-refractivity contribution is 7.98. The number of benzene rings is 1. The molecule has 1 aliphatic carbocycles. The van der Waals surface area contributed by atoms with Gasteiger partial charge in [0.25, 0.3) is 5.91 Å². The van der Waals surface area contributed by atoms with Gasteiger partial charge in [-0.1, -0.05) is 0 Å². The summed E-state index contributed by atoms with van der Waals surface area (Å²) in [7, 11) is 0. The minimum Gasteiger partial charge on any atom is -0.327 e. The lowest BCUT2D eigenvalue weighted by Gasteiger charge is -2.15. The third-order valence-corrected chi connectivity index (χ3v) is 5.33. The number of nitrogens with one attached hydrogen (secondary N) is 1. The van der Waals surface area contributed by atoms with Gasteiger partial charge in [-0.25, -0.2) is 4.98 Å². The van der Waals surface area contributed by atoms with Crippen LogP contribution in [0.25, 0.3) is 0 Å². The van der Waals surface area contributed by atoms with E-state index in [1.165, 1.54) is 4.88 Å². The molecule has 4 nitrogen and oxygen atoms in total. The van der Waals surface area contributed by atoms with E-state index in [1.807, 2.05) is 30.5 Å². The van der Waals surface area contributed by atoms with Gasteiger partial charge in [-0.3, -0.25) is 10.1 Å². The molecule has 118 valence electrons. The molecule has 0 bridgehead atoms. The van der Waals surface area contributed by atoms with Crippen LogP contribution >= 0.6 is 35.5 Å². The molecule has 0 fully saturated rings. The van der Waals surface area contributed by atoms with Gasteiger partial charge < -0.3 is 5.73 Å². The summed E-state index contributed by atoms with van der Waals surface area (Å²) < 4.78 is 0. The number of fused-ring (bicyclic) bond motifs is 1. The molecule has 2 aromatic rings. The molecule has 0 aliphatic heterocycles. The molecule has 1 aromatic heterocycles. The summed E-state index contributed by atoms with van der Waals surface area (Å²) in [5.41, 5.74) is 7.71. The Morgan fingerprint density at radius 2 is 2.14 bits per heavy atom. The Bertz CT molecular complexity index is 657. The highest BCUT2D eigenvalue weighted by atomic mass is 35.5. The molecule has 3 rings (SSSR count). The third-order valence-electron chi connectivity index (χ3n) is 3.55. The summed E-state index contributed by atoms with van der Waals surface area (Å²) in [6, 6.07) is 7.80. The zero-order chi connectivity index (χ0) is 14.8. The molecule has 1 amide bonds. The van der Waals surface area contributed by atoms with Gasteiger partial charge in [-0.15, -0.1) is 35.5 Å². The molecular formula is C15H18ClN3OS2. The molecule has 0 unspecified atom stereocenters. The van der Waals surface area contributed by atoms with Gasteiger partial charge in [0.15, 0.2) is 5.13 Å². The van der Waals surface area contributed by atoms with E-state index in [2.05, 4.69) is 10.3 Å². The molecule has 1 heterocycles. The second-order valence-electron chi connectivity index (χ2n) is 5.07. The van der Waals surface area contributed by atoms with Crippen LogP contribution in [0.4, 0.5) is 5.13 Å². The first-order chi connectivity index (χ1) is 10.2. The van der Waals surface area contributed by atoms with Crippen LogP contribution in [0.15, 0.2) is 29.2 Å². The summed E-state index contributed by atoms with van der Waals surface area (Å²) in [6.07, 6.45) is 4.76. The highest BCUT2D eigenvalue weighted by Gasteiger charge is 2.20. The van der Waals surface area contributed by atoms with Crippen molar-refractivity contribution >= 4 is 46.5 Å². The normalized spacial score (nSPS) is 16.5. The molecule has 3 N–H and O–H groups in total. The largest absolute Gasteiger partial charge is 0.327 e. The van der Waals surface area contributed by atoms with Crippen molar-refractivity contribution in [3.05, 3.63) is 40.4 Å². The maximum absolute atomic E-state index is 12.2. The number of carbonyl (C=O) groups is 1. The standard InChI is InChI=1S/C15H17N3OS2.ClH/c1-20-11-5-2-9(3-6-11)14(19)18-15-17-12-7-4-10(16)8-13(12)21-15;/h2-3,5-6,10H,4,7-8,16H2,1H3,(H,17,18,19);1H/t10-;/m0./s1. The number of aryl methyl sites for hydroxylation is 1. The fraction of sp³-hybridized carbons (Fsp3) is 0.333. The SMILES string of the molecule is CSc1ccc(C(=O)Nc2nc3c(s2)C[C@@H](N)CC3)cc1.Cl. The molecule has 1 aromatic carbocycles. The Morgan fingerprint density at radius 1 is 1.41 bits per heavy atom. The maximum Gasteiger partial charge on any atom is 0.257 e. The van der Waals surface area contributed by atoms with E-state index in [0.717, 1.165) is 29.9 Å². The molecule has 1 aliphatic rings. The Labute approximate surface area is 144 Å². The first-order valence-corrected chi connectivity index (χ1v) is 8.89. The maximum atomic E-state index is 12.2. The number of carbonyl (C=O) groups excluding carboxylic acids is 1. The molecule has 22 heavy (non-hydrogen) atoms. The number of anilines is 1. The second kappa shape index (κ2) is 7.46. The van der Waals surface area contributed by atoms with E-state index in [0.29, 0.717) is 10.7 Å². The predicted octanol–water partition coefficient (Wildman–Crippen LogP) is 3.36. The minimum atomic E-state index is -0.113. The Kier molecular flexibility index (Phi) is 5.86. The molecule has 0 spiro atoms. The summed E-state index contributed by atoms with van der Waals surface area (Å²) >= 11 is 3.20.